The summed E-state index contributed by atoms with van der Waals surface area (Å²) in [7, 11) is 0. The van der Waals surface area contributed by atoms with Crippen LogP contribution in [-0.2, 0) is 0 Å². The highest BCUT2D eigenvalue weighted by Crippen LogP contribution is 2.26. The van der Waals surface area contributed by atoms with Crippen molar-refractivity contribution in [2.75, 3.05) is 5.32 Å². The second-order valence-electron chi connectivity index (χ2n) is 3.71. The second-order valence-corrected chi connectivity index (χ2v) is 4.07. The van der Waals surface area contributed by atoms with Crippen molar-refractivity contribution >= 4 is 28.9 Å². The predicted octanol–water partition coefficient (Wildman–Crippen LogP) is 3.03. The molecule has 0 bridgehead atoms. The zero-order valence-electron chi connectivity index (χ0n) is 9.84. The molecule has 0 fully saturated rings. The van der Waals surface area contributed by atoms with Crippen LogP contribution in [0.15, 0.2) is 36.5 Å². The van der Waals surface area contributed by atoms with Crippen LogP contribution in [0.3, 0.4) is 0 Å². The molecule has 1 amide bonds. The largest absolute Gasteiger partial charge is 0.316 e. The van der Waals surface area contributed by atoms with Gasteiger partial charge in [0, 0.05) is 18.3 Å². The topological polar surface area (TPSA) is 85.1 Å². The van der Waals surface area contributed by atoms with Gasteiger partial charge in [-0.05, 0) is 18.2 Å². The van der Waals surface area contributed by atoms with Crippen LogP contribution in [0, 0.1) is 15.9 Å². The maximum Gasteiger partial charge on any atom is 0.292 e. The third-order valence-electron chi connectivity index (χ3n) is 2.41. The molecule has 0 aliphatic carbocycles. The molecule has 102 valence electrons. The fourth-order valence-electron chi connectivity index (χ4n) is 1.51. The van der Waals surface area contributed by atoms with E-state index in [1.54, 1.807) is 0 Å². The molecule has 0 spiro atoms. The molecule has 0 aliphatic rings. The first-order valence-electron chi connectivity index (χ1n) is 5.35. The van der Waals surface area contributed by atoms with Gasteiger partial charge in [-0.25, -0.2) is 9.37 Å². The Bertz CT molecular complexity index is 693. The van der Waals surface area contributed by atoms with Gasteiger partial charge < -0.3 is 5.32 Å². The van der Waals surface area contributed by atoms with E-state index in [0.29, 0.717) is 0 Å². The lowest BCUT2D eigenvalue weighted by Gasteiger charge is -2.06. The van der Waals surface area contributed by atoms with Gasteiger partial charge >= 0.3 is 0 Å². The number of anilines is 1. The molecule has 0 saturated carbocycles. The van der Waals surface area contributed by atoms with Crippen molar-refractivity contribution in [2.24, 2.45) is 0 Å². The number of nitrogens with zero attached hydrogens (tertiary/aromatic N) is 2. The van der Waals surface area contributed by atoms with Crippen LogP contribution in [0.5, 0.6) is 0 Å². The molecule has 0 radical (unpaired) electrons. The summed E-state index contributed by atoms with van der Waals surface area (Å²) in [6.45, 7) is 0. The molecule has 2 rings (SSSR count). The van der Waals surface area contributed by atoms with Crippen molar-refractivity contribution in [3.8, 4) is 0 Å². The van der Waals surface area contributed by atoms with Gasteiger partial charge in [0.15, 0.2) is 0 Å². The summed E-state index contributed by atoms with van der Waals surface area (Å²) >= 11 is 5.74. The van der Waals surface area contributed by atoms with E-state index in [0.717, 1.165) is 18.2 Å². The number of pyridine rings is 1. The Morgan fingerprint density at radius 3 is 2.80 bits per heavy atom. The highest BCUT2D eigenvalue weighted by Gasteiger charge is 2.18. The molecule has 1 N–H and O–H groups in total. The van der Waals surface area contributed by atoms with Crippen LogP contribution in [-0.4, -0.2) is 15.8 Å². The number of carbonyl (C=O) groups is 1. The molecule has 0 atom stereocenters. The van der Waals surface area contributed by atoms with Gasteiger partial charge in [-0.15, -0.1) is 0 Å². The van der Waals surface area contributed by atoms with E-state index in [-0.39, 0.29) is 16.4 Å². The van der Waals surface area contributed by atoms with Crippen LogP contribution in [0.1, 0.15) is 10.4 Å². The lowest BCUT2D eigenvalue weighted by Crippen LogP contribution is -2.14. The van der Waals surface area contributed by atoms with Crippen molar-refractivity contribution in [3.05, 3.63) is 63.2 Å². The number of halogens is 2. The number of hydrogen-bond acceptors (Lipinski definition) is 4. The average Bonchev–Trinajstić information content (AvgIpc) is 2.38. The van der Waals surface area contributed by atoms with Crippen molar-refractivity contribution in [3.63, 3.8) is 0 Å². The van der Waals surface area contributed by atoms with E-state index in [4.69, 9.17) is 11.6 Å². The maximum absolute atomic E-state index is 13.1. The smallest absolute Gasteiger partial charge is 0.292 e. The fourth-order valence-corrected chi connectivity index (χ4v) is 1.72. The highest BCUT2D eigenvalue weighted by atomic mass is 35.5. The first-order valence-corrected chi connectivity index (χ1v) is 5.72. The molecule has 2 aromatic rings. The second kappa shape index (κ2) is 5.62. The molecule has 8 heteroatoms. The quantitative estimate of drug-likeness (QED) is 0.536. The Balaban J connectivity index is 2.35. The summed E-state index contributed by atoms with van der Waals surface area (Å²) < 4.78 is 13.1. The zero-order chi connectivity index (χ0) is 14.7. The van der Waals surface area contributed by atoms with Gasteiger partial charge in [0.2, 0.25) is 0 Å². The van der Waals surface area contributed by atoms with E-state index in [1.165, 1.54) is 18.3 Å². The number of nitro benzene ring substituents is 1. The Kier molecular flexibility index (Phi) is 3.90. The van der Waals surface area contributed by atoms with Crippen LogP contribution in [0.2, 0.25) is 5.15 Å². The molecular formula is C12H7ClFN3O3. The number of rotatable bonds is 3. The summed E-state index contributed by atoms with van der Waals surface area (Å²) in [5, 5.41) is 13.0. The van der Waals surface area contributed by atoms with Gasteiger partial charge in [0.25, 0.3) is 11.6 Å². The van der Waals surface area contributed by atoms with Crippen LogP contribution < -0.4 is 5.32 Å². The monoisotopic (exact) mass is 295 g/mol. The summed E-state index contributed by atoms with van der Waals surface area (Å²) in [4.78, 5) is 25.7. The van der Waals surface area contributed by atoms with Gasteiger partial charge in [0.1, 0.15) is 16.7 Å². The molecular weight excluding hydrogens is 289 g/mol. The van der Waals surface area contributed by atoms with E-state index >= 15 is 0 Å². The number of aromatic nitrogens is 1. The molecule has 6 nitrogen and oxygen atoms in total. The van der Waals surface area contributed by atoms with E-state index in [9.17, 15) is 19.3 Å². The van der Waals surface area contributed by atoms with Crippen LogP contribution in [0.4, 0.5) is 15.8 Å². The Labute approximate surface area is 117 Å². The molecule has 1 aromatic carbocycles. The standard InChI is InChI=1S/C12H7ClFN3O3/c13-11-8(2-1-5-15-11)12(18)16-9-6-7(14)3-4-10(9)17(19)20/h1-6H,(H,16,18). The third-order valence-corrected chi connectivity index (χ3v) is 2.71. The minimum Gasteiger partial charge on any atom is -0.316 e. The third kappa shape index (κ3) is 2.89. The van der Waals surface area contributed by atoms with E-state index in [1.807, 2.05) is 0 Å². The predicted molar refractivity (Wildman–Crippen MR) is 70.3 cm³/mol. The van der Waals surface area contributed by atoms with Crippen LogP contribution >= 0.6 is 11.6 Å². The molecule has 20 heavy (non-hydrogen) atoms. The molecule has 0 aliphatic heterocycles. The Morgan fingerprint density at radius 1 is 1.40 bits per heavy atom. The Hall–Kier alpha value is -2.54. The Morgan fingerprint density at radius 2 is 2.15 bits per heavy atom. The normalized spacial score (nSPS) is 10.1. The van der Waals surface area contributed by atoms with Crippen molar-refractivity contribution < 1.29 is 14.1 Å². The number of benzene rings is 1. The summed E-state index contributed by atoms with van der Waals surface area (Å²) in [5.74, 6) is -1.42. The molecule has 0 unspecified atom stereocenters. The highest BCUT2D eigenvalue weighted by molar-refractivity contribution is 6.33. The fraction of sp³-hybridized carbons (Fsp3) is 0. The number of nitrogens with one attached hydrogen (secondary N) is 1. The van der Waals surface area contributed by atoms with Gasteiger partial charge in [-0.3, -0.25) is 14.9 Å². The SMILES string of the molecule is O=C(Nc1cc(F)ccc1[N+](=O)[O-])c1cccnc1Cl. The summed E-state index contributed by atoms with van der Waals surface area (Å²) in [6, 6.07) is 5.65. The van der Waals surface area contributed by atoms with E-state index < -0.39 is 22.3 Å². The van der Waals surface area contributed by atoms with Gasteiger partial charge in [-0.1, -0.05) is 11.6 Å². The summed E-state index contributed by atoms with van der Waals surface area (Å²) in [6.07, 6.45) is 1.39. The molecule has 1 heterocycles. The average molecular weight is 296 g/mol. The number of carbonyl (C=O) groups excluding carboxylic acids is 1. The summed E-state index contributed by atoms with van der Waals surface area (Å²) in [5.41, 5.74) is -0.632. The lowest BCUT2D eigenvalue weighted by atomic mass is 10.2. The van der Waals surface area contributed by atoms with Gasteiger partial charge in [0.05, 0.1) is 10.5 Å². The number of nitro groups is 1. The van der Waals surface area contributed by atoms with Crippen LogP contribution in [0.25, 0.3) is 0 Å². The maximum atomic E-state index is 13.1. The lowest BCUT2D eigenvalue weighted by molar-refractivity contribution is -0.384. The number of amides is 1. The first kappa shape index (κ1) is 13.9. The minimum absolute atomic E-state index is 0.0349. The number of hydrogen-bond donors (Lipinski definition) is 1. The van der Waals surface area contributed by atoms with Gasteiger partial charge in [-0.2, -0.15) is 0 Å². The molecule has 0 saturated heterocycles. The van der Waals surface area contributed by atoms with E-state index in [2.05, 4.69) is 10.3 Å². The van der Waals surface area contributed by atoms with Crippen molar-refractivity contribution in [2.45, 2.75) is 0 Å². The van der Waals surface area contributed by atoms with Crippen molar-refractivity contribution in [1.29, 1.82) is 0 Å². The molecule has 1 aromatic heterocycles. The minimum atomic E-state index is -0.722. The first-order chi connectivity index (χ1) is 9.49. The zero-order valence-corrected chi connectivity index (χ0v) is 10.6. The van der Waals surface area contributed by atoms with Crippen molar-refractivity contribution in [1.82, 2.24) is 4.98 Å².